The Morgan fingerprint density at radius 3 is 2.36 bits per heavy atom. The Morgan fingerprint density at radius 1 is 1.00 bits per heavy atom. The molecular weight excluding hydrogens is 131 g/mol. The van der Waals surface area contributed by atoms with Crippen molar-refractivity contribution in [2.75, 3.05) is 0 Å². The first-order chi connectivity index (χ1) is 5.43. The van der Waals surface area contributed by atoms with Gasteiger partial charge in [-0.2, -0.15) is 0 Å². The van der Waals surface area contributed by atoms with Gasteiger partial charge in [-0.25, -0.2) is 0 Å². The van der Waals surface area contributed by atoms with Crippen LogP contribution in [0.4, 0.5) is 0 Å². The topological polar surface area (TPSA) is 0 Å². The molecule has 1 rings (SSSR count). The molecule has 0 aliphatic carbocycles. The molecular formula is C10H21B. The van der Waals surface area contributed by atoms with Crippen molar-refractivity contribution in [1.82, 2.24) is 0 Å². The van der Waals surface area contributed by atoms with E-state index in [1.807, 2.05) is 0 Å². The predicted molar refractivity (Wildman–Crippen MR) is 53.6 cm³/mol. The molecule has 0 aromatic heterocycles. The van der Waals surface area contributed by atoms with Crippen molar-refractivity contribution < 1.29 is 0 Å². The Labute approximate surface area is 71.8 Å². The lowest BCUT2D eigenvalue weighted by molar-refractivity contribution is 0.703. The van der Waals surface area contributed by atoms with Gasteiger partial charge in [-0.3, -0.25) is 0 Å². The van der Waals surface area contributed by atoms with Crippen LogP contribution in [0.2, 0.25) is 19.0 Å². The van der Waals surface area contributed by atoms with E-state index in [1.165, 1.54) is 57.5 Å². The second kappa shape index (κ2) is 5.68. The number of hydrogen-bond acceptors (Lipinski definition) is 0. The Hall–Kier alpha value is 0.0649. The zero-order valence-electron chi connectivity index (χ0n) is 7.94. The van der Waals surface area contributed by atoms with Crippen LogP contribution >= 0.6 is 0 Å². The maximum Gasteiger partial charge on any atom is 0.139 e. The lowest BCUT2D eigenvalue weighted by atomic mass is 9.39. The Balaban J connectivity index is 1.96. The molecule has 1 heterocycles. The highest BCUT2D eigenvalue weighted by molar-refractivity contribution is 6.58. The van der Waals surface area contributed by atoms with Crippen LogP contribution < -0.4 is 0 Å². The van der Waals surface area contributed by atoms with Crippen LogP contribution in [0, 0.1) is 0 Å². The summed E-state index contributed by atoms with van der Waals surface area (Å²) in [4.78, 5) is 0. The van der Waals surface area contributed by atoms with Gasteiger partial charge in [-0.1, -0.05) is 64.4 Å². The fourth-order valence-corrected chi connectivity index (χ4v) is 2.16. The molecule has 0 atom stereocenters. The lowest BCUT2D eigenvalue weighted by Gasteiger charge is -2.17. The molecule has 11 heavy (non-hydrogen) atoms. The van der Waals surface area contributed by atoms with E-state index < -0.39 is 0 Å². The quantitative estimate of drug-likeness (QED) is 0.423. The van der Waals surface area contributed by atoms with Crippen molar-refractivity contribution >= 4 is 6.71 Å². The first kappa shape index (κ1) is 9.16. The zero-order valence-corrected chi connectivity index (χ0v) is 7.94. The number of unbranched alkanes of at least 4 members (excludes halogenated alkanes) is 2. The molecule has 0 aromatic carbocycles. The normalized spacial score (nSPS) is 18.8. The van der Waals surface area contributed by atoms with Gasteiger partial charge in [0.2, 0.25) is 0 Å². The Kier molecular flexibility index (Phi) is 4.73. The van der Waals surface area contributed by atoms with E-state index >= 15 is 0 Å². The average Bonchev–Trinajstić information content (AvgIpc) is 2.07. The molecule has 0 N–H and O–H groups in total. The molecule has 0 radical (unpaired) electrons. The fraction of sp³-hybridized carbons (Fsp3) is 1.00. The molecule has 1 aliphatic heterocycles. The van der Waals surface area contributed by atoms with E-state index in [4.69, 9.17) is 0 Å². The van der Waals surface area contributed by atoms with Gasteiger partial charge >= 0.3 is 0 Å². The summed E-state index contributed by atoms with van der Waals surface area (Å²) in [6, 6.07) is 0. The second-order valence-electron chi connectivity index (χ2n) is 4.00. The molecule has 64 valence electrons. The number of hydrogen-bond donors (Lipinski definition) is 0. The molecule has 0 spiro atoms. The third-order valence-electron chi connectivity index (χ3n) is 2.94. The molecule has 0 aromatic rings. The van der Waals surface area contributed by atoms with Crippen LogP contribution in [0.3, 0.4) is 0 Å². The van der Waals surface area contributed by atoms with E-state index in [1.54, 1.807) is 0 Å². The SMILES string of the molecule is CCCCCB1CCCCC1. The summed E-state index contributed by atoms with van der Waals surface area (Å²) in [6.45, 7) is 3.40. The van der Waals surface area contributed by atoms with Crippen LogP contribution in [0.1, 0.15) is 45.4 Å². The third kappa shape index (κ3) is 3.84. The Morgan fingerprint density at radius 2 is 1.73 bits per heavy atom. The van der Waals surface area contributed by atoms with Crippen LogP contribution in [0.5, 0.6) is 0 Å². The molecule has 1 saturated heterocycles. The van der Waals surface area contributed by atoms with Crippen LogP contribution in [-0.2, 0) is 0 Å². The molecule has 0 bridgehead atoms. The minimum absolute atomic E-state index is 1.11. The van der Waals surface area contributed by atoms with Gasteiger partial charge < -0.3 is 0 Å². The summed E-state index contributed by atoms with van der Waals surface area (Å²) in [5.41, 5.74) is 0. The average molecular weight is 152 g/mol. The summed E-state index contributed by atoms with van der Waals surface area (Å²) in [5.74, 6) is 0. The molecule has 0 nitrogen and oxygen atoms in total. The van der Waals surface area contributed by atoms with Gasteiger partial charge in [0.05, 0.1) is 0 Å². The monoisotopic (exact) mass is 152 g/mol. The van der Waals surface area contributed by atoms with E-state index in [9.17, 15) is 0 Å². The summed E-state index contributed by atoms with van der Waals surface area (Å²) in [6.07, 6.45) is 13.4. The molecule has 1 fully saturated rings. The van der Waals surface area contributed by atoms with Crippen molar-refractivity contribution in [2.24, 2.45) is 0 Å². The minimum Gasteiger partial charge on any atom is -0.0741 e. The Bertz CT molecular complexity index is 84.9. The van der Waals surface area contributed by atoms with Gasteiger partial charge in [-0.15, -0.1) is 0 Å². The standard InChI is InChI=1S/C10H21B/c1-2-3-5-8-11-9-6-4-7-10-11/h2-10H2,1H3. The van der Waals surface area contributed by atoms with E-state index in [2.05, 4.69) is 6.92 Å². The van der Waals surface area contributed by atoms with E-state index in [-0.39, 0.29) is 0 Å². The predicted octanol–water partition coefficient (Wildman–Crippen LogP) is 3.86. The summed E-state index contributed by atoms with van der Waals surface area (Å²) in [7, 11) is 0. The molecule has 0 unspecified atom stereocenters. The second-order valence-corrected chi connectivity index (χ2v) is 4.00. The smallest absolute Gasteiger partial charge is 0.0741 e. The van der Waals surface area contributed by atoms with Crippen molar-refractivity contribution in [3.8, 4) is 0 Å². The molecule has 0 saturated carbocycles. The van der Waals surface area contributed by atoms with Gasteiger partial charge in [0.15, 0.2) is 0 Å². The van der Waals surface area contributed by atoms with Gasteiger partial charge in [0, 0.05) is 0 Å². The first-order valence-electron chi connectivity index (χ1n) is 5.43. The van der Waals surface area contributed by atoms with Gasteiger partial charge in [0.25, 0.3) is 0 Å². The minimum atomic E-state index is 1.11. The highest BCUT2D eigenvalue weighted by Gasteiger charge is 2.15. The number of rotatable bonds is 4. The highest BCUT2D eigenvalue weighted by atomic mass is 14.0. The molecule has 1 heteroatoms. The largest absolute Gasteiger partial charge is 0.139 e. The van der Waals surface area contributed by atoms with E-state index in [0.29, 0.717) is 0 Å². The van der Waals surface area contributed by atoms with Crippen molar-refractivity contribution in [2.45, 2.75) is 64.4 Å². The summed E-state index contributed by atoms with van der Waals surface area (Å²) in [5, 5.41) is 0. The fourth-order valence-electron chi connectivity index (χ4n) is 2.16. The van der Waals surface area contributed by atoms with Gasteiger partial charge in [0.1, 0.15) is 6.71 Å². The maximum atomic E-state index is 2.29. The molecule has 0 amide bonds. The van der Waals surface area contributed by atoms with Gasteiger partial charge in [-0.05, 0) is 0 Å². The zero-order chi connectivity index (χ0) is 7.94. The lowest BCUT2D eigenvalue weighted by Crippen LogP contribution is -2.15. The van der Waals surface area contributed by atoms with E-state index in [0.717, 1.165) is 6.71 Å². The maximum absolute atomic E-state index is 2.29. The summed E-state index contributed by atoms with van der Waals surface area (Å²) < 4.78 is 0. The highest BCUT2D eigenvalue weighted by Crippen LogP contribution is 2.22. The first-order valence-corrected chi connectivity index (χ1v) is 5.43. The van der Waals surface area contributed by atoms with Crippen LogP contribution in [0.15, 0.2) is 0 Å². The molecule has 1 aliphatic rings. The third-order valence-corrected chi connectivity index (χ3v) is 2.94. The van der Waals surface area contributed by atoms with Crippen molar-refractivity contribution in [3.63, 3.8) is 0 Å². The van der Waals surface area contributed by atoms with Crippen LogP contribution in [0.25, 0.3) is 0 Å². The van der Waals surface area contributed by atoms with Crippen molar-refractivity contribution in [1.29, 1.82) is 0 Å². The van der Waals surface area contributed by atoms with Crippen molar-refractivity contribution in [3.05, 3.63) is 0 Å². The van der Waals surface area contributed by atoms with Crippen LogP contribution in [-0.4, -0.2) is 6.71 Å². The summed E-state index contributed by atoms with van der Waals surface area (Å²) >= 11 is 0.